The highest BCUT2D eigenvalue weighted by Crippen LogP contribution is 2.20. The van der Waals surface area contributed by atoms with E-state index in [2.05, 4.69) is 24.1 Å². The van der Waals surface area contributed by atoms with Gasteiger partial charge in [0, 0.05) is 30.5 Å². The van der Waals surface area contributed by atoms with E-state index in [1.807, 2.05) is 42.0 Å². The van der Waals surface area contributed by atoms with Gasteiger partial charge in [0.2, 0.25) is 5.91 Å². The molecular formula is C16H22N4O. The van der Waals surface area contributed by atoms with Crippen molar-refractivity contribution in [1.29, 1.82) is 0 Å². The summed E-state index contributed by atoms with van der Waals surface area (Å²) in [7, 11) is 0. The third kappa shape index (κ3) is 3.31. The number of rotatable bonds is 5. The zero-order valence-electron chi connectivity index (χ0n) is 12.7. The largest absolute Gasteiger partial charge is 0.326 e. The number of imidazole rings is 1. The Morgan fingerprint density at radius 1 is 1.33 bits per heavy atom. The average molecular weight is 286 g/mol. The Balaban J connectivity index is 2.18. The van der Waals surface area contributed by atoms with Crippen molar-refractivity contribution in [3.05, 3.63) is 48.0 Å². The summed E-state index contributed by atoms with van der Waals surface area (Å²) in [6.07, 6.45) is 3.57. The van der Waals surface area contributed by atoms with Gasteiger partial charge in [0.1, 0.15) is 11.9 Å². The van der Waals surface area contributed by atoms with Crippen molar-refractivity contribution in [2.45, 2.75) is 39.3 Å². The molecule has 1 atom stereocenters. The van der Waals surface area contributed by atoms with Crippen LogP contribution in [0.5, 0.6) is 0 Å². The van der Waals surface area contributed by atoms with Crippen molar-refractivity contribution in [2.75, 3.05) is 5.32 Å². The van der Waals surface area contributed by atoms with Crippen molar-refractivity contribution in [1.82, 2.24) is 9.55 Å². The first-order valence-corrected chi connectivity index (χ1v) is 7.16. The Morgan fingerprint density at radius 3 is 2.71 bits per heavy atom. The number of benzene rings is 1. The fourth-order valence-electron chi connectivity index (χ4n) is 2.28. The lowest BCUT2D eigenvalue weighted by Gasteiger charge is -2.18. The molecule has 0 aliphatic rings. The van der Waals surface area contributed by atoms with Crippen molar-refractivity contribution in [3.8, 4) is 0 Å². The van der Waals surface area contributed by atoms with Crippen LogP contribution in [-0.4, -0.2) is 15.5 Å². The molecule has 2 aromatic rings. The smallest absolute Gasteiger partial charge is 0.247 e. The number of aromatic nitrogens is 2. The summed E-state index contributed by atoms with van der Waals surface area (Å²) in [4.78, 5) is 16.8. The molecule has 0 bridgehead atoms. The van der Waals surface area contributed by atoms with Gasteiger partial charge >= 0.3 is 0 Å². The third-order valence-electron chi connectivity index (χ3n) is 3.51. The second-order valence-electron chi connectivity index (χ2n) is 5.37. The van der Waals surface area contributed by atoms with Crippen LogP contribution in [0.4, 0.5) is 5.69 Å². The Bertz CT molecular complexity index is 618. The number of carbonyl (C=O) groups is 1. The quantitative estimate of drug-likeness (QED) is 0.887. The van der Waals surface area contributed by atoms with Crippen LogP contribution >= 0.6 is 0 Å². The molecule has 0 spiro atoms. The highest BCUT2D eigenvalue weighted by atomic mass is 16.2. The van der Waals surface area contributed by atoms with Crippen LogP contribution in [0.25, 0.3) is 0 Å². The van der Waals surface area contributed by atoms with Crippen LogP contribution in [0.3, 0.4) is 0 Å². The molecule has 0 fully saturated rings. The molecule has 5 nitrogen and oxygen atoms in total. The SMILES string of the molecule is CC(C)c1nccn1C(C)C(=O)Nc1ccccc1CN. The number of amides is 1. The summed E-state index contributed by atoms with van der Waals surface area (Å²) in [5, 5.41) is 2.95. The van der Waals surface area contributed by atoms with Crippen molar-refractivity contribution >= 4 is 11.6 Å². The summed E-state index contributed by atoms with van der Waals surface area (Å²) in [6, 6.07) is 7.25. The molecule has 112 valence electrons. The van der Waals surface area contributed by atoms with Gasteiger partial charge in [-0.3, -0.25) is 4.79 Å². The van der Waals surface area contributed by atoms with E-state index in [0.717, 1.165) is 17.1 Å². The van der Waals surface area contributed by atoms with Gasteiger partial charge in [0.25, 0.3) is 0 Å². The summed E-state index contributed by atoms with van der Waals surface area (Å²) < 4.78 is 1.91. The van der Waals surface area contributed by atoms with E-state index in [-0.39, 0.29) is 17.9 Å². The maximum atomic E-state index is 12.5. The van der Waals surface area contributed by atoms with Crippen LogP contribution in [0.1, 0.15) is 44.1 Å². The monoisotopic (exact) mass is 286 g/mol. The van der Waals surface area contributed by atoms with E-state index < -0.39 is 0 Å². The summed E-state index contributed by atoms with van der Waals surface area (Å²) in [5.41, 5.74) is 7.38. The second kappa shape index (κ2) is 6.54. The third-order valence-corrected chi connectivity index (χ3v) is 3.51. The van der Waals surface area contributed by atoms with E-state index >= 15 is 0 Å². The van der Waals surface area contributed by atoms with Crippen LogP contribution in [0, 0.1) is 0 Å². The first kappa shape index (κ1) is 15.3. The fourth-order valence-corrected chi connectivity index (χ4v) is 2.28. The first-order chi connectivity index (χ1) is 10.0. The maximum Gasteiger partial charge on any atom is 0.247 e. The molecule has 0 saturated carbocycles. The normalized spacial score (nSPS) is 12.4. The minimum atomic E-state index is -0.323. The zero-order valence-corrected chi connectivity index (χ0v) is 12.7. The van der Waals surface area contributed by atoms with Gasteiger partial charge in [-0.2, -0.15) is 0 Å². The molecule has 0 aliphatic carbocycles. The zero-order chi connectivity index (χ0) is 15.4. The lowest BCUT2D eigenvalue weighted by molar-refractivity contribution is -0.118. The van der Waals surface area contributed by atoms with Gasteiger partial charge in [-0.25, -0.2) is 4.98 Å². The summed E-state index contributed by atoms with van der Waals surface area (Å²) in [6.45, 7) is 6.39. The molecule has 2 rings (SSSR count). The molecule has 1 amide bonds. The molecule has 1 heterocycles. The molecule has 5 heteroatoms. The average Bonchev–Trinajstić information content (AvgIpc) is 2.96. The van der Waals surface area contributed by atoms with Crippen molar-refractivity contribution < 1.29 is 4.79 Å². The minimum absolute atomic E-state index is 0.0733. The number of hydrogen-bond donors (Lipinski definition) is 2. The molecular weight excluding hydrogens is 264 g/mol. The first-order valence-electron chi connectivity index (χ1n) is 7.16. The minimum Gasteiger partial charge on any atom is -0.326 e. The predicted molar refractivity (Wildman–Crippen MR) is 84.0 cm³/mol. The summed E-state index contributed by atoms with van der Waals surface area (Å²) >= 11 is 0. The van der Waals surface area contributed by atoms with Gasteiger partial charge in [-0.05, 0) is 18.6 Å². The van der Waals surface area contributed by atoms with E-state index in [1.54, 1.807) is 6.20 Å². The molecule has 1 unspecified atom stereocenters. The number of anilines is 1. The van der Waals surface area contributed by atoms with E-state index in [4.69, 9.17) is 5.73 Å². The van der Waals surface area contributed by atoms with Crippen LogP contribution in [-0.2, 0) is 11.3 Å². The van der Waals surface area contributed by atoms with E-state index in [1.165, 1.54) is 0 Å². The molecule has 0 radical (unpaired) electrons. The fraction of sp³-hybridized carbons (Fsp3) is 0.375. The number of carbonyl (C=O) groups excluding carboxylic acids is 1. The van der Waals surface area contributed by atoms with Crippen LogP contribution < -0.4 is 11.1 Å². The lowest BCUT2D eigenvalue weighted by atomic mass is 10.1. The summed E-state index contributed by atoms with van der Waals surface area (Å²) in [5.74, 6) is 1.10. The number of para-hydroxylation sites is 1. The number of nitrogens with two attached hydrogens (primary N) is 1. The van der Waals surface area contributed by atoms with Gasteiger partial charge in [0.05, 0.1) is 0 Å². The Hall–Kier alpha value is -2.14. The maximum absolute atomic E-state index is 12.5. The molecule has 21 heavy (non-hydrogen) atoms. The van der Waals surface area contributed by atoms with Crippen LogP contribution in [0.2, 0.25) is 0 Å². The number of hydrogen-bond acceptors (Lipinski definition) is 3. The molecule has 1 aromatic heterocycles. The van der Waals surface area contributed by atoms with Crippen molar-refractivity contribution in [3.63, 3.8) is 0 Å². The second-order valence-corrected chi connectivity index (χ2v) is 5.37. The Morgan fingerprint density at radius 2 is 2.05 bits per heavy atom. The molecule has 1 aromatic carbocycles. The molecule has 0 aliphatic heterocycles. The Labute approximate surface area is 125 Å². The van der Waals surface area contributed by atoms with Gasteiger partial charge in [-0.1, -0.05) is 32.0 Å². The topological polar surface area (TPSA) is 72.9 Å². The highest BCUT2D eigenvalue weighted by Gasteiger charge is 2.19. The highest BCUT2D eigenvalue weighted by molar-refractivity contribution is 5.94. The van der Waals surface area contributed by atoms with Gasteiger partial charge in [0.15, 0.2) is 0 Å². The Kier molecular flexibility index (Phi) is 4.75. The molecule has 3 N–H and O–H groups in total. The van der Waals surface area contributed by atoms with Crippen molar-refractivity contribution in [2.24, 2.45) is 5.73 Å². The number of nitrogens with zero attached hydrogens (tertiary/aromatic N) is 2. The predicted octanol–water partition coefficient (Wildman–Crippen LogP) is 2.66. The van der Waals surface area contributed by atoms with Crippen LogP contribution in [0.15, 0.2) is 36.7 Å². The van der Waals surface area contributed by atoms with Gasteiger partial charge < -0.3 is 15.6 Å². The standard InChI is InChI=1S/C16H22N4O/c1-11(2)15-18-8-9-20(15)12(3)16(21)19-14-7-5-4-6-13(14)10-17/h4-9,11-12H,10,17H2,1-3H3,(H,19,21). The van der Waals surface area contributed by atoms with E-state index in [0.29, 0.717) is 6.54 Å². The van der Waals surface area contributed by atoms with Gasteiger partial charge in [-0.15, -0.1) is 0 Å². The molecule has 0 saturated heterocycles. The number of nitrogens with one attached hydrogen (secondary N) is 1. The van der Waals surface area contributed by atoms with E-state index in [9.17, 15) is 4.79 Å². The lowest BCUT2D eigenvalue weighted by Crippen LogP contribution is -2.25.